The van der Waals surface area contributed by atoms with Crippen molar-refractivity contribution < 1.29 is 27.8 Å². The van der Waals surface area contributed by atoms with Gasteiger partial charge in [0, 0.05) is 26.6 Å². The predicted molar refractivity (Wildman–Crippen MR) is 136 cm³/mol. The summed E-state index contributed by atoms with van der Waals surface area (Å²) in [6, 6.07) is 6.45. The van der Waals surface area contributed by atoms with Gasteiger partial charge in [-0.3, -0.25) is 14.4 Å². The van der Waals surface area contributed by atoms with Crippen molar-refractivity contribution in [2.75, 3.05) is 19.8 Å². The minimum atomic E-state index is -0.721. The molecule has 0 radical (unpaired) electrons. The monoisotopic (exact) mass is 548 g/mol. The standard InChI is InChI=1S/C26H27ClF2N4O5/c1-14(34)30-12-17-4-2-15(13-38-17)8-9-37-23-20(29)6-7-21-22(23)25(35)33-24(32-21)26(36)31-11-16-3-5-19(28)18(27)10-16/h3,5-7,10,15,17H,2,4,8-9,11-13H2,1H3,(H,30,34)(H,31,36)(H,32,33,35). The number of H-pyrrole nitrogens is 1. The fourth-order valence-corrected chi connectivity index (χ4v) is 4.38. The van der Waals surface area contributed by atoms with E-state index in [4.69, 9.17) is 21.1 Å². The molecule has 3 aromatic rings. The highest BCUT2D eigenvalue weighted by molar-refractivity contribution is 6.30. The van der Waals surface area contributed by atoms with Crippen molar-refractivity contribution in [2.24, 2.45) is 5.92 Å². The molecule has 0 saturated carbocycles. The minimum absolute atomic E-state index is 0.0250. The first-order valence-electron chi connectivity index (χ1n) is 12.1. The van der Waals surface area contributed by atoms with Crippen LogP contribution in [0.1, 0.15) is 42.4 Å². The van der Waals surface area contributed by atoms with Crippen LogP contribution >= 0.6 is 11.6 Å². The number of rotatable bonds is 9. The summed E-state index contributed by atoms with van der Waals surface area (Å²) in [5.41, 5.74) is -0.0690. The third kappa shape index (κ3) is 6.84. The molecule has 0 bridgehead atoms. The molecule has 2 aromatic carbocycles. The Balaban J connectivity index is 1.38. The van der Waals surface area contributed by atoms with E-state index in [0.717, 1.165) is 18.9 Å². The van der Waals surface area contributed by atoms with Crippen LogP contribution in [0, 0.1) is 17.6 Å². The van der Waals surface area contributed by atoms with Gasteiger partial charge < -0.3 is 25.1 Å². The molecule has 38 heavy (non-hydrogen) atoms. The highest BCUT2D eigenvalue weighted by Crippen LogP contribution is 2.27. The van der Waals surface area contributed by atoms with E-state index in [0.29, 0.717) is 25.1 Å². The maximum atomic E-state index is 14.6. The molecular weight excluding hydrogens is 522 g/mol. The number of carbonyl (C=O) groups is 2. The molecular formula is C26H27ClF2N4O5. The van der Waals surface area contributed by atoms with Crippen LogP contribution < -0.4 is 20.9 Å². The summed E-state index contributed by atoms with van der Waals surface area (Å²) in [6.07, 6.45) is 2.21. The Morgan fingerprint density at radius 2 is 1.97 bits per heavy atom. The normalized spacial score (nSPS) is 17.3. The second kappa shape index (κ2) is 12.3. The maximum absolute atomic E-state index is 14.6. The molecule has 4 rings (SSSR count). The largest absolute Gasteiger partial charge is 0.490 e. The number of hydrogen-bond acceptors (Lipinski definition) is 6. The number of halogens is 3. The van der Waals surface area contributed by atoms with Crippen molar-refractivity contribution in [3.05, 3.63) is 68.7 Å². The fourth-order valence-electron chi connectivity index (χ4n) is 4.18. The second-order valence-corrected chi connectivity index (χ2v) is 9.50. The lowest BCUT2D eigenvalue weighted by Crippen LogP contribution is -2.36. The van der Waals surface area contributed by atoms with E-state index in [9.17, 15) is 23.2 Å². The average molecular weight is 549 g/mol. The van der Waals surface area contributed by atoms with Gasteiger partial charge in [0.2, 0.25) is 5.91 Å². The first-order valence-corrected chi connectivity index (χ1v) is 12.5. The molecule has 2 amide bonds. The van der Waals surface area contributed by atoms with Crippen LogP contribution in [0.15, 0.2) is 35.1 Å². The molecule has 9 nitrogen and oxygen atoms in total. The van der Waals surface area contributed by atoms with Gasteiger partial charge in [0.05, 0.1) is 23.3 Å². The van der Waals surface area contributed by atoms with Crippen LogP contribution in [-0.4, -0.2) is 47.6 Å². The lowest BCUT2D eigenvalue weighted by molar-refractivity contribution is -0.120. The van der Waals surface area contributed by atoms with Crippen molar-refractivity contribution in [3.63, 3.8) is 0 Å². The number of aromatic amines is 1. The molecule has 1 aliphatic rings. The zero-order chi connectivity index (χ0) is 27.2. The highest BCUT2D eigenvalue weighted by Gasteiger charge is 2.23. The van der Waals surface area contributed by atoms with Crippen molar-refractivity contribution in [1.82, 2.24) is 20.6 Å². The predicted octanol–water partition coefficient (Wildman–Crippen LogP) is 3.48. The Hall–Kier alpha value is -3.57. The molecule has 0 spiro atoms. The zero-order valence-electron chi connectivity index (χ0n) is 20.6. The van der Waals surface area contributed by atoms with Crippen molar-refractivity contribution in [2.45, 2.75) is 38.8 Å². The topological polar surface area (TPSA) is 122 Å². The van der Waals surface area contributed by atoms with E-state index in [-0.39, 0.29) is 58.6 Å². The Kier molecular flexibility index (Phi) is 8.90. The molecule has 202 valence electrons. The van der Waals surface area contributed by atoms with Gasteiger partial charge in [-0.25, -0.2) is 13.8 Å². The van der Waals surface area contributed by atoms with E-state index in [1.807, 2.05) is 0 Å². The maximum Gasteiger partial charge on any atom is 0.287 e. The Bertz CT molecular complexity index is 1390. The molecule has 2 heterocycles. The summed E-state index contributed by atoms with van der Waals surface area (Å²) in [5.74, 6) is -2.37. The number of aromatic nitrogens is 2. The molecule has 0 aliphatic carbocycles. The Morgan fingerprint density at radius 3 is 2.68 bits per heavy atom. The zero-order valence-corrected chi connectivity index (χ0v) is 21.4. The van der Waals surface area contributed by atoms with Crippen molar-refractivity contribution >= 4 is 34.3 Å². The SMILES string of the molecule is CC(=O)NCC1CCC(CCOc2c(F)ccc3nc(C(=O)NCc4ccc(F)c(Cl)c4)[nH]c(=O)c23)CO1. The van der Waals surface area contributed by atoms with Gasteiger partial charge in [0.1, 0.15) is 11.2 Å². The van der Waals surface area contributed by atoms with Gasteiger partial charge in [-0.1, -0.05) is 17.7 Å². The fraction of sp³-hybridized carbons (Fsp3) is 0.385. The number of carbonyl (C=O) groups excluding carboxylic acids is 2. The summed E-state index contributed by atoms with van der Waals surface area (Å²) in [4.78, 5) is 43.0. The molecule has 1 saturated heterocycles. The van der Waals surface area contributed by atoms with E-state index in [1.165, 1.54) is 31.2 Å². The van der Waals surface area contributed by atoms with E-state index >= 15 is 0 Å². The summed E-state index contributed by atoms with van der Waals surface area (Å²) < 4.78 is 39.4. The van der Waals surface area contributed by atoms with Crippen LogP contribution in [0.25, 0.3) is 10.9 Å². The van der Waals surface area contributed by atoms with Gasteiger partial charge in [0.25, 0.3) is 11.5 Å². The number of nitrogens with zero attached hydrogens (tertiary/aromatic N) is 1. The first-order chi connectivity index (χ1) is 18.2. The van der Waals surface area contributed by atoms with E-state index in [2.05, 4.69) is 20.6 Å². The van der Waals surface area contributed by atoms with Crippen LogP contribution in [0.5, 0.6) is 5.75 Å². The van der Waals surface area contributed by atoms with Crippen molar-refractivity contribution in [1.29, 1.82) is 0 Å². The van der Waals surface area contributed by atoms with Gasteiger partial charge in [0.15, 0.2) is 17.4 Å². The summed E-state index contributed by atoms with van der Waals surface area (Å²) >= 11 is 5.76. The van der Waals surface area contributed by atoms with Crippen molar-refractivity contribution in [3.8, 4) is 5.75 Å². The van der Waals surface area contributed by atoms with Crippen LogP contribution in [-0.2, 0) is 16.1 Å². The second-order valence-electron chi connectivity index (χ2n) is 9.09. The minimum Gasteiger partial charge on any atom is -0.490 e. The van der Waals surface area contributed by atoms with Gasteiger partial charge in [-0.15, -0.1) is 0 Å². The number of ether oxygens (including phenoxy) is 2. The summed E-state index contributed by atoms with van der Waals surface area (Å²) in [7, 11) is 0. The smallest absolute Gasteiger partial charge is 0.287 e. The molecule has 2 unspecified atom stereocenters. The van der Waals surface area contributed by atoms with Crippen LogP contribution in [0.2, 0.25) is 5.02 Å². The van der Waals surface area contributed by atoms with Crippen LogP contribution in [0.4, 0.5) is 8.78 Å². The number of nitrogens with one attached hydrogen (secondary N) is 3. The third-order valence-corrected chi connectivity index (χ3v) is 6.54. The first kappa shape index (κ1) is 27.5. The summed E-state index contributed by atoms with van der Waals surface area (Å²) in [5, 5.41) is 5.14. The van der Waals surface area contributed by atoms with E-state index in [1.54, 1.807) is 0 Å². The van der Waals surface area contributed by atoms with Gasteiger partial charge in [-0.2, -0.15) is 0 Å². The van der Waals surface area contributed by atoms with Crippen LogP contribution in [0.3, 0.4) is 0 Å². The molecule has 1 fully saturated rings. The molecule has 1 aromatic heterocycles. The molecule has 1 aliphatic heterocycles. The van der Waals surface area contributed by atoms with E-state index < -0.39 is 23.1 Å². The summed E-state index contributed by atoms with van der Waals surface area (Å²) in [6.45, 7) is 2.60. The van der Waals surface area contributed by atoms with Gasteiger partial charge >= 0.3 is 0 Å². The lowest BCUT2D eigenvalue weighted by Gasteiger charge is -2.29. The van der Waals surface area contributed by atoms with Gasteiger partial charge in [-0.05, 0) is 55.0 Å². The lowest BCUT2D eigenvalue weighted by atomic mass is 9.95. The third-order valence-electron chi connectivity index (χ3n) is 6.25. The quantitative estimate of drug-likeness (QED) is 0.376. The number of fused-ring (bicyclic) bond motifs is 1. The molecule has 2 atom stereocenters. The molecule has 3 N–H and O–H groups in total. The highest BCUT2D eigenvalue weighted by atomic mass is 35.5. The number of hydrogen-bond donors (Lipinski definition) is 3. The number of amides is 2. The number of benzene rings is 2. The molecule has 12 heteroatoms. The Morgan fingerprint density at radius 1 is 1.18 bits per heavy atom. The average Bonchev–Trinajstić information content (AvgIpc) is 2.89. The Labute approximate surface area is 221 Å².